The van der Waals surface area contributed by atoms with E-state index in [-0.39, 0.29) is 12.6 Å². The van der Waals surface area contributed by atoms with Gasteiger partial charge >= 0.3 is 0 Å². The van der Waals surface area contributed by atoms with Gasteiger partial charge in [-0.15, -0.1) is 0 Å². The molecule has 2 N–H and O–H groups in total. The summed E-state index contributed by atoms with van der Waals surface area (Å²) in [5, 5.41) is 19.5. The van der Waals surface area contributed by atoms with Gasteiger partial charge in [-0.3, -0.25) is 9.15 Å². The van der Waals surface area contributed by atoms with E-state index in [1.54, 1.807) is 0 Å². The number of aliphatic hydroxyl groups excluding tert-OH is 1. The number of ether oxygens (including phenoxy) is 1. The van der Waals surface area contributed by atoms with Crippen LogP contribution in [0.15, 0.2) is 27.4 Å². The number of hydrogen-bond donors (Lipinski definition) is 2. The molecule has 2 saturated heterocycles. The highest BCUT2D eigenvalue weighted by molar-refractivity contribution is 5.71. The maximum atomic E-state index is 9.50. The van der Waals surface area contributed by atoms with Crippen LogP contribution < -0.4 is 0 Å². The van der Waals surface area contributed by atoms with Gasteiger partial charge in [0.2, 0.25) is 11.2 Å². The molecule has 7 nitrogen and oxygen atoms in total. The SMILES string of the molecule is CCN(O)[C@@H](C)Cc1ccc2ooc2c1.OCCN1CCC2(COC2)C1. The molecule has 1 spiro atoms. The molecule has 3 heterocycles. The number of hydroxylamine groups is 2. The quantitative estimate of drug-likeness (QED) is 0.600. The third kappa shape index (κ3) is 4.47. The molecule has 0 saturated carbocycles. The maximum Gasteiger partial charge on any atom is 0.225 e. The van der Waals surface area contributed by atoms with E-state index in [4.69, 9.17) is 19.0 Å². The van der Waals surface area contributed by atoms with Crippen LogP contribution in [-0.4, -0.2) is 72.3 Å². The highest BCUT2D eigenvalue weighted by Gasteiger charge is 2.43. The lowest BCUT2D eigenvalue weighted by molar-refractivity contribution is -0.117. The van der Waals surface area contributed by atoms with Crippen molar-refractivity contribution < 1.29 is 24.2 Å². The second kappa shape index (κ2) is 8.54. The summed E-state index contributed by atoms with van der Waals surface area (Å²) in [5.41, 5.74) is 3.18. The highest BCUT2D eigenvalue weighted by Crippen LogP contribution is 2.37. The second-order valence-electron chi connectivity index (χ2n) is 7.50. The van der Waals surface area contributed by atoms with E-state index in [1.165, 1.54) is 11.5 Å². The van der Waals surface area contributed by atoms with E-state index < -0.39 is 0 Å². The Hall–Kier alpha value is -1.38. The summed E-state index contributed by atoms with van der Waals surface area (Å²) in [6.07, 6.45) is 2.05. The standard InChI is InChI=1S/C11H15NO3.C8H15NO2/c1-3-12(13)8(2)6-9-4-5-10-11(7-9)15-14-10;10-4-3-9-2-1-8(5-9)6-11-7-8/h4-5,7-8,13H,3,6H2,1-2H3;10H,1-7H2/t8-;/m0./s1. The van der Waals surface area contributed by atoms with Gasteiger partial charge < -0.3 is 20.0 Å². The third-order valence-corrected chi connectivity index (χ3v) is 5.34. The molecule has 2 aliphatic heterocycles. The summed E-state index contributed by atoms with van der Waals surface area (Å²) < 4.78 is 14.8. The van der Waals surface area contributed by atoms with Gasteiger partial charge in [-0.25, -0.2) is 0 Å². The average molecular weight is 366 g/mol. The van der Waals surface area contributed by atoms with Gasteiger partial charge in [0.25, 0.3) is 0 Å². The van der Waals surface area contributed by atoms with Gasteiger partial charge in [-0.1, -0.05) is 13.0 Å². The van der Waals surface area contributed by atoms with Gasteiger partial charge in [-0.2, -0.15) is 5.06 Å². The van der Waals surface area contributed by atoms with Crippen molar-refractivity contribution in [3.05, 3.63) is 23.8 Å². The topological polar surface area (TPSA) is 82.5 Å². The molecule has 1 aromatic heterocycles. The molecule has 0 aliphatic carbocycles. The van der Waals surface area contributed by atoms with Crippen LogP contribution in [0.5, 0.6) is 0 Å². The number of likely N-dealkylation sites (tertiary alicyclic amines) is 1. The molecular weight excluding hydrogens is 336 g/mol. The Labute approximate surface area is 154 Å². The van der Waals surface area contributed by atoms with Crippen molar-refractivity contribution in [2.45, 2.75) is 32.7 Å². The van der Waals surface area contributed by atoms with Crippen molar-refractivity contribution in [2.75, 3.05) is 46.0 Å². The van der Waals surface area contributed by atoms with Crippen molar-refractivity contribution in [1.29, 1.82) is 0 Å². The van der Waals surface area contributed by atoms with Crippen LogP contribution in [0.2, 0.25) is 0 Å². The summed E-state index contributed by atoms with van der Waals surface area (Å²) >= 11 is 0. The zero-order valence-electron chi connectivity index (χ0n) is 15.7. The first-order valence-electron chi connectivity index (χ1n) is 9.39. The van der Waals surface area contributed by atoms with Crippen molar-refractivity contribution in [2.24, 2.45) is 5.41 Å². The Bertz CT molecular complexity index is 678. The molecule has 0 radical (unpaired) electrons. The Balaban J connectivity index is 0.000000158. The molecule has 2 fully saturated rings. The van der Waals surface area contributed by atoms with E-state index in [2.05, 4.69) is 4.90 Å². The minimum Gasteiger partial charge on any atom is -0.395 e. The molecule has 0 unspecified atom stereocenters. The Kier molecular flexibility index (Phi) is 6.37. The lowest BCUT2D eigenvalue weighted by atomic mass is 9.85. The van der Waals surface area contributed by atoms with Gasteiger partial charge in [0, 0.05) is 31.1 Å². The largest absolute Gasteiger partial charge is 0.395 e. The van der Waals surface area contributed by atoms with E-state index in [0.717, 1.165) is 56.0 Å². The number of hydrogen-bond acceptors (Lipinski definition) is 7. The Morgan fingerprint density at radius 1 is 1.27 bits per heavy atom. The predicted octanol–water partition coefficient (Wildman–Crippen LogP) is 2.37. The summed E-state index contributed by atoms with van der Waals surface area (Å²) in [4.78, 5) is 2.32. The van der Waals surface area contributed by atoms with Crippen molar-refractivity contribution >= 4 is 11.2 Å². The number of fused-ring (bicyclic) bond motifs is 1. The molecule has 2 aliphatic rings. The summed E-state index contributed by atoms with van der Waals surface area (Å²) in [6.45, 7) is 9.82. The van der Waals surface area contributed by atoms with Gasteiger partial charge in [0.1, 0.15) is 0 Å². The third-order valence-electron chi connectivity index (χ3n) is 5.34. The number of nitrogens with zero attached hydrogens (tertiary/aromatic N) is 2. The molecule has 0 amide bonds. The van der Waals surface area contributed by atoms with Crippen LogP contribution in [0.1, 0.15) is 25.8 Å². The fraction of sp³-hybridized carbons (Fsp3) is 0.684. The number of benzene rings is 1. The molecule has 2 aromatic rings. The normalized spacial score (nSPS) is 20.3. The van der Waals surface area contributed by atoms with Crippen LogP contribution in [0.4, 0.5) is 0 Å². The summed E-state index contributed by atoms with van der Waals surface area (Å²) in [7, 11) is 0. The van der Waals surface area contributed by atoms with Crippen molar-refractivity contribution in [3.63, 3.8) is 0 Å². The molecule has 7 heteroatoms. The lowest BCUT2D eigenvalue weighted by Crippen LogP contribution is -2.44. The fourth-order valence-electron chi connectivity index (χ4n) is 3.61. The molecule has 0 bridgehead atoms. The molecule has 26 heavy (non-hydrogen) atoms. The minimum absolute atomic E-state index is 0.106. The van der Waals surface area contributed by atoms with E-state index >= 15 is 0 Å². The van der Waals surface area contributed by atoms with Crippen LogP contribution >= 0.6 is 0 Å². The Morgan fingerprint density at radius 3 is 2.54 bits per heavy atom. The summed E-state index contributed by atoms with van der Waals surface area (Å²) in [6, 6.07) is 5.92. The fourth-order valence-corrected chi connectivity index (χ4v) is 3.61. The number of aliphatic hydroxyl groups is 1. The van der Waals surface area contributed by atoms with Crippen molar-refractivity contribution in [1.82, 2.24) is 9.96 Å². The molecule has 4 rings (SSSR count). The monoisotopic (exact) mass is 366 g/mol. The van der Waals surface area contributed by atoms with Crippen LogP contribution in [-0.2, 0) is 11.2 Å². The van der Waals surface area contributed by atoms with Gasteiger partial charge in [0.05, 0.1) is 19.8 Å². The van der Waals surface area contributed by atoms with E-state index in [0.29, 0.717) is 12.0 Å². The first-order valence-corrected chi connectivity index (χ1v) is 9.39. The second-order valence-corrected chi connectivity index (χ2v) is 7.50. The predicted molar refractivity (Wildman–Crippen MR) is 97.2 cm³/mol. The minimum atomic E-state index is 0.106. The maximum absolute atomic E-state index is 9.50. The first-order chi connectivity index (χ1) is 12.5. The zero-order valence-corrected chi connectivity index (χ0v) is 15.7. The lowest BCUT2D eigenvalue weighted by Gasteiger charge is -2.37. The van der Waals surface area contributed by atoms with Gasteiger partial charge in [0.15, 0.2) is 0 Å². The van der Waals surface area contributed by atoms with Crippen LogP contribution in [0.25, 0.3) is 11.2 Å². The van der Waals surface area contributed by atoms with E-state index in [9.17, 15) is 5.21 Å². The molecule has 1 atom stereocenters. The van der Waals surface area contributed by atoms with Crippen molar-refractivity contribution in [3.8, 4) is 0 Å². The van der Waals surface area contributed by atoms with Gasteiger partial charge in [-0.05, 0) is 44.0 Å². The number of rotatable bonds is 6. The molecule has 146 valence electrons. The number of likely N-dealkylation sites (N-methyl/N-ethyl adjacent to an activating group) is 1. The average Bonchev–Trinajstić information content (AvgIpc) is 3.02. The van der Waals surface area contributed by atoms with Crippen LogP contribution in [0.3, 0.4) is 0 Å². The first kappa shape index (κ1) is 19.4. The zero-order chi connectivity index (χ0) is 18.6. The Morgan fingerprint density at radius 2 is 2.04 bits per heavy atom. The number of β-amino-alcohol motifs (C(OH)–C–C–N with tert-alkyl or cyclic N) is 1. The molecule has 1 aromatic carbocycles. The smallest absolute Gasteiger partial charge is 0.225 e. The molecular formula is C19H30N2O5. The van der Waals surface area contributed by atoms with E-state index in [1.807, 2.05) is 32.0 Å². The summed E-state index contributed by atoms with van der Waals surface area (Å²) in [5.74, 6) is 0. The van der Waals surface area contributed by atoms with Crippen LogP contribution in [0, 0.1) is 5.41 Å². The highest BCUT2D eigenvalue weighted by atomic mass is 17.0.